The Balaban J connectivity index is 3.96. The van der Waals surface area contributed by atoms with Crippen LogP contribution in [0, 0.1) is 0 Å². The van der Waals surface area contributed by atoms with Gasteiger partial charge in [-0.2, -0.15) is 0 Å². The van der Waals surface area contributed by atoms with E-state index in [0.29, 0.717) is 0 Å². The van der Waals surface area contributed by atoms with E-state index in [0.717, 1.165) is 6.42 Å². The van der Waals surface area contributed by atoms with E-state index in [1.54, 1.807) is 0 Å². The van der Waals surface area contributed by atoms with Crippen LogP contribution in [0.2, 0.25) is 0 Å². The third-order valence-electron chi connectivity index (χ3n) is 0.919. The van der Waals surface area contributed by atoms with Crippen LogP contribution in [0.5, 0.6) is 0 Å². The minimum absolute atomic E-state index is 0.218. The Morgan fingerprint density at radius 2 is 1.89 bits per heavy atom. The van der Waals surface area contributed by atoms with E-state index in [-0.39, 0.29) is 6.04 Å². The van der Waals surface area contributed by atoms with Crippen LogP contribution < -0.4 is 0 Å². The molecule has 56 valence electrons. The molecule has 0 aliphatic heterocycles. The molecule has 0 amide bonds. The third-order valence-corrected chi connectivity index (χ3v) is 5.42. The molecule has 0 saturated carbocycles. The number of hydrogen-bond donors (Lipinski definition) is 0. The zero-order valence-electron chi connectivity index (χ0n) is 5.31. The molecule has 0 aliphatic rings. The molecule has 0 spiro atoms. The standard InChI is InChI=1S/C4H9N.3ClH.Ta/c1-3-4(2)5;;;;/h4H,3H2,1-2H3;3*1H;/q;;;;+3/p-3. The van der Waals surface area contributed by atoms with Crippen LogP contribution >= 0.6 is 27.6 Å². The first-order valence-corrected chi connectivity index (χ1v) is 16.0. The van der Waals surface area contributed by atoms with Gasteiger partial charge in [-0.1, -0.05) is 0 Å². The van der Waals surface area contributed by atoms with E-state index in [1.807, 2.05) is 13.8 Å². The average Bonchev–Trinajstić information content (AvgIpc) is 1.62. The quantitative estimate of drug-likeness (QED) is 0.715. The van der Waals surface area contributed by atoms with Crippen molar-refractivity contribution in [1.82, 2.24) is 0 Å². The van der Waals surface area contributed by atoms with Gasteiger partial charge in [-0.25, -0.2) is 0 Å². The van der Waals surface area contributed by atoms with Gasteiger partial charge in [-0.3, -0.25) is 0 Å². The van der Waals surface area contributed by atoms with Gasteiger partial charge < -0.3 is 0 Å². The summed E-state index contributed by atoms with van der Waals surface area (Å²) in [5.74, 6) is 0. The molecule has 0 N–H and O–H groups in total. The summed E-state index contributed by atoms with van der Waals surface area (Å²) in [7, 11) is 16.8. The van der Waals surface area contributed by atoms with Crippen LogP contribution in [0.15, 0.2) is 3.34 Å². The summed E-state index contributed by atoms with van der Waals surface area (Å²) in [6.07, 6.45) is 0.951. The molecular weight excluding hydrogens is 349 g/mol. The fraction of sp³-hybridized carbons (Fsp3) is 1.00. The van der Waals surface area contributed by atoms with Crippen molar-refractivity contribution in [2.24, 2.45) is 3.34 Å². The second kappa shape index (κ2) is 4.32. The van der Waals surface area contributed by atoms with E-state index in [2.05, 4.69) is 3.34 Å². The van der Waals surface area contributed by atoms with Gasteiger partial charge >= 0.3 is 70.9 Å². The van der Waals surface area contributed by atoms with Gasteiger partial charge in [0, 0.05) is 0 Å². The molecule has 0 bridgehead atoms. The minimum atomic E-state index is -3.40. The summed E-state index contributed by atoms with van der Waals surface area (Å²) < 4.78 is 4.04. The molecule has 0 rings (SSSR count). The zero-order valence-corrected chi connectivity index (χ0v) is 10.8. The van der Waals surface area contributed by atoms with Crippen LogP contribution in [0.25, 0.3) is 0 Å². The third kappa shape index (κ3) is 7.31. The van der Waals surface area contributed by atoms with Gasteiger partial charge in [0.25, 0.3) is 0 Å². The van der Waals surface area contributed by atoms with Gasteiger partial charge in [0.2, 0.25) is 0 Å². The SMILES string of the molecule is CCC(C)[N]=[Ta]([Cl])([Cl])[Cl]. The molecule has 0 aromatic rings. The van der Waals surface area contributed by atoms with Gasteiger partial charge in [-0.05, 0) is 0 Å². The van der Waals surface area contributed by atoms with Crippen molar-refractivity contribution < 1.29 is 13.7 Å². The molecular formula is C4H9Cl3NTa. The maximum atomic E-state index is 5.59. The monoisotopic (exact) mass is 357 g/mol. The van der Waals surface area contributed by atoms with Crippen LogP contribution in [-0.2, 0) is 13.7 Å². The molecule has 1 nitrogen and oxygen atoms in total. The number of nitrogens with zero attached hydrogens (tertiary/aromatic N) is 1. The first kappa shape index (κ1) is 10.4. The fourth-order valence-corrected chi connectivity index (χ4v) is 6.16. The predicted octanol–water partition coefficient (Wildman–Crippen LogP) is 3.58. The number of rotatable bonds is 2. The molecule has 0 radical (unpaired) electrons. The van der Waals surface area contributed by atoms with Crippen LogP contribution in [0.4, 0.5) is 0 Å². The van der Waals surface area contributed by atoms with Crippen LogP contribution in [-0.4, -0.2) is 6.04 Å². The number of hydrogen-bond acceptors (Lipinski definition) is 1. The summed E-state index contributed by atoms with van der Waals surface area (Å²) >= 11 is -3.40. The first-order chi connectivity index (χ1) is 3.95. The van der Waals surface area contributed by atoms with Crippen molar-refractivity contribution in [2.45, 2.75) is 26.3 Å². The Hall–Kier alpha value is 1.41. The van der Waals surface area contributed by atoms with E-state index in [9.17, 15) is 0 Å². The van der Waals surface area contributed by atoms with Crippen molar-refractivity contribution >= 4 is 27.6 Å². The van der Waals surface area contributed by atoms with Gasteiger partial charge in [0.05, 0.1) is 0 Å². The summed E-state index contributed by atoms with van der Waals surface area (Å²) in [6, 6.07) is 0.218. The second-order valence-electron chi connectivity index (χ2n) is 1.79. The van der Waals surface area contributed by atoms with Gasteiger partial charge in [0.15, 0.2) is 0 Å². The Kier molecular flexibility index (Phi) is 5.00. The van der Waals surface area contributed by atoms with E-state index in [1.165, 1.54) is 0 Å². The molecule has 0 aromatic carbocycles. The van der Waals surface area contributed by atoms with E-state index in [4.69, 9.17) is 27.6 Å². The van der Waals surface area contributed by atoms with E-state index < -0.39 is 13.7 Å². The van der Waals surface area contributed by atoms with Gasteiger partial charge in [0.1, 0.15) is 0 Å². The van der Waals surface area contributed by atoms with Crippen molar-refractivity contribution in [1.29, 1.82) is 0 Å². The Labute approximate surface area is 70.5 Å². The summed E-state index contributed by atoms with van der Waals surface area (Å²) in [4.78, 5) is 0. The Morgan fingerprint density at radius 1 is 1.44 bits per heavy atom. The van der Waals surface area contributed by atoms with Crippen molar-refractivity contribution in [3.63, 3.8) is 0 Å². The van der Waals surface area contributed by atoms with Gasteiger partial charge in [-0.15, -0.1) is 0 Å². The second-order valence-corrected chi connectivity index (χ2v) is 21.9. The van der Waals surface area contributed by atoms with Crippen LogP contribution in [0.1, 0.15) is 20.3 Å². The molecule has 1 atom stereocenters. The molecule has 1 unspecified atom stereocenters. The molecule has 0 aliphatic carbocycles. The molecule has 0 heterocycles. The summed E-state index contributed by atoms with van der Waals surface area (Å²) in [5.41, 5.74) is 0. The molecule has 0 aromatic heterocycles. The summed E-state index contributed by atoms with van der Waals surface area (Å²) in [5, 5.41) is 0. The molecule has 0 fully saturated rings. The van der Waals surface area contributed by atoms with E-state index >= 15 is 0 Å². The number of halogens is 3. The van der Waals surface area contributed by atoms with Crippen molar-refractivity contribution in [2.75, 3.05) is 0 Å². The molecule has 0 saturated heterocycles. The fourth-order valence-electron chi connectivity index (χ4n) is 0.305. The maximum absolute atomic E-state index is 5.59. The normalized spacial score (nSPS) is 15.2. The van der Waals surface area contributed by atoms with Crippen LogP contribution in [0.3, 0.4) is 0 Å². The first-order valence-electron chi connectivity index (χ1n) is 2.66. The topological polar surface area (TPSA) is 12.4 Å². The van der Waals surface area contributed by atoms with Crippen molar-refractivity contribution in [3.8, 4) is 0 Å². The predicted molar refractivity (Wildman–Crippen MR) is 39.7 cm³/mol. The molecule has 5 heteroatoms. The zero-order chi connectivity index (χ0) is 7.49. The van der Waals surface area contributed by atoms with Crippen molar-refractivity contribution in [3.05, 3.63) is 0 Å². The Morgan fingerprint density at radius 3 is 2.00 bits per heavy atom. The Bertz CT molecular complexity index is 122. The summed E-state index contributed by atoms with van der Waals surface area (Å²) in [6.45, 7) is 3.98. The average molecular weight is 358 g/mol. The molecule has 9 heavy (non-hydrogen) atoms.